The molecule has 4 atom stereocenters. The summed E-state index contributed by atoms with van der Waals surface area (Å²) in [5.41, 5.74) is 0. The van der Waals surface area contributed by atoms with E-state index in [4.69, 9.17) is 9.53 Å². The molecule has 0 saturated heterocycles. The Bertz CT molecular complexity index is 776. The molecule has 2 rings (SSSR count). The van der Waals surface area contributed by atoms with Gasteiger partial charge < -0.3 is 9.53 Å². The van der Waals surface area contributed by atoms with Gasteiger partial charge in [0.05, 0.1) is 0 Å². The van der Waals surface area contributed by atoms with Crippen molar-refractivity contribution in [3.63, 3.8) is 0 Å². The smallest absolute Gasteiger partial charge is 0.264 e. The van der Waals surface area contributed by atoms with Gasteiger partial charge in [0.2, 0.25) is 11.6 Å². The summed E-state index contributed by atoms with van der Waals surface area (Å²) in [6.07, 6.45) is 17.8. The third kappa shape index (κ3) is 8.33. The van der Waals surface area contributed by atoms with Gasteiger partial charge in [-0.2, -0.15) is 0 Å². The first-order valence-corrected chi connectivity index (χ1v) is 16.6. The largest absolute Gasteiger partial charge is 0.417 e. The van der Waals surface area contributed by atoms with E-state index < -0.39 is 25.7 Å². The summed E-state index contributed by atoms with van der Waals surface area (Å²) in [6.45, 7) is 12.4. The maximum atomic E-state index is 12.5. The zero-order valence-corrected chi connectivity index (χ0v) is 23.7. The van der Waals surface area contributed by atoms with Gasteiger partial charge in [-0.25, -0.2) is 0 Å². The van der Waals surface area contributed by atoms with Crippen LogP contribution >= 0.6 is 0 Å². The zero-order valence-electron chi connectivity index (χ0n) is 22.7. The third-order valence-electron chi connectivity index (χ3n) is 8.35. The number of hydrogen-bond donors (Lipinski definition) is 1. The van der Waals surface area contributed by atoms with Crippen molar-refractivity contribution in [1.29, 1.82) is 0 Å². The number of carbonyl (C=O) groups is 3. The van der Waals surface area contributed by atoms with Crippen LogP contribution < -0.4 is 0 Å². The predicted molar refractivity (Wildman–Crippen MR) is 144 cm³/mol. The van der Waals surface area contributed by atoms with E-state index in [9.17, 15) is 14.4 Å². The molecule has 2 aliphatic carbocycles. The Balaban J connectivity index is 1.80. The van der Waals surface area contributed by atoms with Crippen molar-refractivity contribution in [2.75, 3.05) is 13.2 Å². The first-order valence-electron chi connectivity index (χ1n) is 13.7. The number of Topliss-reactive ketones (excluding diaryl/α,β-unsaturated/α-hetero) is 3. The topological polar surface area (TPSA) is 80.7 Å². The number of allylic oxidation sites excluding steroid dienone is 4. The quantitative estimate of drug-likeness (QED) is 0.124. The standard InChI is InChI=1S/C29H48O5Si/c1-29(2,3)35(4,5)34-20-16-12-7-6-9-13-17-22-23(18-14-10-8-11-15-19-30)25-21-24(22)26(31)28(33)27(25)32/h10,13-14,17,22-25,30H,6-9,11-12,15-16,18-21H2,1-5H3/b14-10-,17-13?/t22?,23?,24-,25-/m1/s1. The van der Waals surface area contributed by atoms with Crippen LogP contribution in [-0.2, 0) is 18.8 Å². The van der Waals surface area contributed by atoms with Gasteiger partial charge in [0.25, 0.3) is 5.78 Å². The van der Waals surface area contributed by atoms with Crippen LogP contribution in [0.15, 0.2) is 24.3 Å². The third-order valence-corrected chi connectivity index (χ3v) is 12.9. The van der Waals surface area contributed by atoms with E-state index in [2.05, 4.69) is 58.2 Å². The number of carbonyl (C=O) groups excluding carboxylic acids is 3. The van der Waals surface area contributed by atoms with Crippen LogP contribution in [0.25, 0.3) is 0 Å². The van der Waals surface area contributed by atoms with Crippen LogP contribution in [0.5, 0.6) is 0 Å². The van der Waals surface area contributed by atoms with Crippen LogP contribution in [0.4, 0.5) is 0 Å². The molecule has 35 heavy (non-hydrogen) atoms. The maximum Gasteiger partial charge on any atom is 0.264 e. The number of ketones is 3. The summed E-state index contributed by atoms with van der Waals surface area (Å²) in [6, 6.07) is 0. The Morgan fingerprint density at radius 3 is 2.20 bits per heavy atom. The lowest BCUT2D eigenvalue weighted by molar-refractivity contribution is -0.149. The van der Waals surface area contributed by atoms with Crippen LogP contribution in [0.3, 0.4) is 0 Å². The minimum absolute atomic E-state index is 0.0250. The second-order valence-electron chi connectivity index (χ2n) is 11.9. The molecule has 0 amide bonds. The molecular weight excluding hydrogens is 456 g/mol. The van der Waals surface area contributed by atoms with Gasteiger partial charge in [0.15, 0.2) is 8.32 Å². The Hall–Kier alpha value is -1.37. The molecule has 1 N–H and O–H groups in total. The highest BCUT2D eigenvalue weighted by molar-refractivity contribution is 6.74. The summed E-state index contributed by atoms with van der Waals surface area (Å²) in [7, 11) is -1.65. The fraction of sp³-hybridized carbons (Fsp3) is 0.759. The van der Waals surface area contributed by atoms with E-state index in [-0.39, 0.29) is 35.3 Å². The average Bonchev–Trinajstić information content (AvgIpc) is 3.12. The molecule has 0 spiro atoms. The molecule has 2 aliphatic rings. The summed E-state index contributed by atoms with van der Waals surface area (Å²) < 4.78 is 6.25. The highest BCUT2D eigenvalue weighted by atomic mass is 28.4. The molecule has 0 aromatic heterocycles. The Labute approximate surface area is 213 Å². The summed E-state index contributed by atoms with van der Waals surface area (Å²) in [4.78, 5) is 37.2. The molecule has 5 nitrogen and oxygen atoms in total. The van der Waals surface area contributed by atoms with Crippen molar-refractivity contribution >= 4 is 25.7 Å². The predicted octanol–water partition coefficient (Wildman–Crippen LogP) is 6.21. The van der Waals surface area contributed by atoms with Gasteiger partial charge in [0.1, 0.15) is 0 Å². The van der Waals surface area contributed by atoms with Crippen molar-refractivity contribution in [1.82, 2.24) is 0 Å². The molecule has 0 radical (unpaired) electrons. The fourth-order valence-corrected chi connectivity index (χ4v) is 6.16. The monoisotopic (exact) mass is 504 g/mol. The van der Waals surface area contributed by atoms with Gasteiger partial charge in [-0.3, -0.25) is 14.4 Å². The number of aliphatic hydroxyl groups excluding tert-OH is 1. The number of unbranched alkanes of at least 4 members (excludes halogenated alkanes) is 6. The normalized spacial score (nSPS) is 25.5. The summed E-state index contributed by atoms with van der Waals surface area (Å²) in [5, 5.41) is 9.16. The van der Waals surface area contributed by atoms with Gasteiger partial charge >= 0.3 is 0 Å². The molecule has 0 heterocycles. The Kier molecular flexibility index (Phi) is 11.8. The first kappa shape index (κ1) is 29.9. The molecule has 0 aromatic carbocycles. The lowest BCUT2D eigenvalue weighted by atomic mass is 9.83. The van der Waals surface area contributed by atoms with Crippen LogP contribution in [0.1, 0.15) is 85.0 Å². The fourth-order valence-electron chi connectivity index (χ4n) is 5.07. The maximum absolute atomic E-state index is 12.5. The number of fused-ring (bicyclic) bond motifs is 2. The molecule has 2 fully saturated rings. The number of aliphatic hydroxyl groups is 1. The molecular formula is C29H48O5Si. The molecule has 2 bridgehead atoms. The van der Waals surface area contributed by atoms with Crippen molar-refractivity contribution < 1.29 is 23.9 Å². The molecule has 0 aromatic rings. The second-order valence-corrected chi connectivity index (χ2v) is 16.7. The van der Waals surface area contributed by atoms with Crippen LogP contribution in [0.2, 0.25) is 18.1 Å². The Morgan fingerprint density at radius 1 is 0.886 bits per heavy atom. The number of rotatable bonds is 15. The SMILES string of the molecule is CC(C)(C)[Si](C)(C)OCCCCCCC=CC1C(C/C=C\CCCCO)[C@H]2C[C@H]1C(=O)C(=O)C2=O. The highest BCUT2D eigenvalue weighted by Crippen LogP contribution is 2.48. The van der Waals surface area contributed by atoms with Crippen LogP contribution in [0, 0.1) is 23.7 Å². The van der Waals surface area contributed by atoms with Gasteiger partial charge in [-0.1, -0.05) is 57.9 Å². The van der Waals surface area contributed by atoms with Gasteiger partial charge in [0, 0.05) is 25.0 Å². The van der Waals surface area contributed by atoms with Crippen molar-refractivity contribution in [2.45, 2.75) is 103 Å². The van der Waals surface area contributed by atoms with Crippen LogP contribution in [-0.4, -0.2) is 44.0 Å². The van der Waals surface area contributed by atoms with E-state index in [1.54, 1.807) is 0 Å². The van der Waals surface area contributed by atoms with E-state index in [1.165, 1.54) is 0 Å². The van der Waals surface area contributed by atoms with Crippen molar-refractivity contribution in [2.24, 2.45) is 23.7 Å². The van der Waals surface area contributed by atoms with Gasteiger partial charge in [-0.05, 0) is 81.3 Å². The van der Waals surface area contributed by atoms with E-state index in [1.807, 2.05) is 0 Å². The second kappa shape index (κ2) is 13.8. The lowest BCUT2D eigenvalue weighted by Gasteiger charge is -2.36. The van der Waals surface area contributed by atoms with Crippen molar-refractivity contribution in [3.05, 3.63) is 24.3 Å². The van der Waals surface area contributed by atoms with E-state index in [0.717, 1.165) is 64.4 Å². The summed E-state index contributed by atoms with van der Waals surface area (Å²) in [5.74, 6) is -2.37. The highest BCUT2D eigenvalue weighted by Gasteiger charge is 2.55. The van der Waals surface area contributed by atoms with E-state index >= 15 is 0 Å². The lowest BCUT2D eigenvalue weighted by Crippen LogP contribution is -2.40. The molecule has 6 heteroatoms. The van der Waals surface area contributed by atoms with Gasteiger partial charge in [-0.15, -0.1) is 0 Å². The minimum Gasteiger partial charge on any atom is -0.417 e. The molecule has 2 saturated carbocycles. The first-order chi connectivity index (χ1) is 16.5. The average molecular weight is 505 g/mol. The Morgan fingerprint density at radius 2 is 1.51 bits per heavy atom. The zero-order chi connectivity index (χ0) is 26.1. The minimum atomic E-state index is -1.65. The molecule has 2 unspecified atom stereocenters. The molecule has 198 valence electrons. The molecule has 0 aliphatic heterocycles. The van der Waals surface area contributed by atoms with Crippen molar-refractivity contribution in [3.8, 4) is 0 Å². The number of hydrogen-bond acceptors (Lipinski definition) is 5. The van der Waals surface area contributed by atoms with E-state index in [0.29, 0.717) is 6.42 Å². The summed E-state index contributed by atoms with van der Waals surface area (Å²) >= 11 is 0.